The van der Waals surface area contributed by atoms with Gasteiger partial charge in [0.05, 0.1) is 24.8 Å². The number of halogens is 3. The molecule has 5 N–H and O–H groups in total. The molecule has 0 saturated carbocycles. The summed E-state index contributed by atoms with van der Waals surface area (Å²) in [5.74, 6) is -2.28. The minimum absolute atomic E-state index is 0.0960. The summed E-state index contributed by atoms with van der Waals surface area (Å²) in [6.45, 7) is 0.889. The minimum atomic E-state index is -1.04. The molecule has 1 aliphatic heterocycles. The summed E-state index contributed by atoms with van der Waals surface area (Å²) in [6, 6.07) is 14.7. The molecule has 1 fully saturated rings. The van der Waals surface area contributed by atoms with Gasteiger partial charge in [-0.15, -0.1) is 0 Å². The van der Waals surface area contributed by atoms with E-state index in [4.69, 9.17) is 20.9 Å². The van der Waals surface area contributed by atoms with Gasteiger partial charge in [-0.1, -0.05) is 36.4 Å². The number of benzene rings is 3. The molecule has 40 heavy (non-hydrogen) atoms. The van der Waals surface area contributed by atoms with Crippen molar-refractivity contribution in [3.05, 3.63) is 106 Å². The molecule has 0 spiro atoms. The lowest BCUT2D eigenvalue weighted by Gasteiger charge is -2.30. The first kappa shape index (κ1) is 29.3. The van der Waals surface area contributed by atoms with E-state index < -0.39 is 35.5 Å². The van der Waals surface area contributed by atoms with E-state index in [-0.39, 0.29) is 31.0 Å². The van der Waals surface area contributed by atoms with Crippen LogP contribution in [0.15, 0.2) is 66.7 Å². The maximum Gasteiger partial charge on any atom is 0.404 e. The number of carbonyl (C=O) groups excluding carboxylic acids is 2. The molecule has 1 aliphatic rings. The largest absolute Gasteiger partial charge is 0.448 e. The van der Waals surface area contributed by atoms with Gasteiger partial charge in [0.15, 0.2) is 5.78 Å². The Kier molecular flexibility index (Phi) is 9.92. The number of amides is 1. The number of hydrogen-bond acceptors (Lipinski definition) is 6. The van der Waals surface area contributed by atoms with Crippen molar-refractivity contribution in [3.8, 4) is 0 Å². The molecule has 3 atom stereocenters. The zero-order valence-electron chi connectivity index (χ0n) is 21.8. The predicted octanol–water partition coefficient (Wildman–Crippen LogP) is 3.76. The SMILES string of the molecule is NC(=O)OC[C@@H]1CO[C@H](CCc2c(F)cccc2CC(=O)[C@@H](N)C(c2ccc(F)cc2)c2ccc(F)cc2)CN1. The molecule has 7 nitrogen and oxygen atoms in total. The quantitative estimate of drug-likeness (QED) is 0.332. The van der Waals surface area contributed by atoms with Gasteiger partial charge in [0.2, 0.25) is 0 Å². The lowest BCUT2D eigenvalue weighted by molar-refractivity contribution is -0.119. The Labute approximate surface area is 230 Å². The van der Waals surface area contributed by atoms with Gasteiger partial charge in [0.25, 0.3) is 0 Å². The van der Waals surface area contributed by atoms with Crippen molar-refractivity contribution in [3.63, 3.8) is 0 Å². The number of ketones is 1. The van der Waals surface area contributed by atoms with Crippen LogP contribution in [0.25, 0.3) is 0 Å². The monoisotopic (exact) mass is 555 g/mol. The maximum absolute atomic E-state index is 14.9. The summed E-state index contributed by atoms with van der Waals surface area (Å²) in [7, 11) is 0. The highest BCUT2D eigenvalue weighted by Gasteiger charge is 2.29. The van der Waals surface area contributed by atoms with Crippen molar-refractivity contribution < 1.29 is 32.2 Å². The number of ether oxygens (including phenoxy) is 2. The standard InChI is InChI=1S/C30H32F3N3O4/c31-21-8-4-18(5-9-21)28(19-6-10-22(32)11-7-19)29(34)27(37)14-20-2-1-3-26(33)25(20)13-12-24-15-36-23(16-39-24)17-40-30(35)38/h1-11,23-24,28-29,36H,12-17,34H2,(H2,35,38)/t23-,24+,29+/m0/s1. The van der Waals surface area contributed by atoms with Crippen LogP contribution in [-0.4, -0.2) is 49.8 Å². The number of nitrogens with two attached hydrogens (primary N) is 2. The van der Waals surface area contributed by atoms with Gasteiger partial charge in [-0.05, 0) is 65.4 Å². The Hall–Kier alpha value is -3.73. The lowest BCUT2D eigenvalue weighted by atomic mass is 9.82. The fourth-order valence-corrected chi connectivity index (χ4v) is 4.94. The van der Waals surface area contributed by atoms with E-state index in [9.17, 15) is 22.8 Å². The van der Waals surface area contributed by atoms with Crippen LogP contribution < -0.4 is 16.8 Å². The highest BCUT2D eigenvalue weighted by atomic mass is 19.1. The third-order valence-corrected chi connectivity index (χ3v) is 7.08. The van der Waals surface area contributed by atoms with Crippen molar-refractivity contribution in [1.29, 1.82) is 0 Å². The Bertz CT molecular complexity index is 1250. The van der Waals surface area contributed by atoms with Gasteiger partial charge in [-0.2, -0.15) is 0 Å². The maximum atomic E-state index is 14.9. The van der Waals surface area contributed by atoms with Gasteiger partial charge in [-0.3, -0.25) is 4.79 Å². The fourth-order valence-electron chi connectivity index (χ4n) is 4.94. The van der Waals surface area contributed by atoms with Gasteiger partial charge in [-0.25, -0.2) is 18.0 Å². The highest BCUT2D eigenvalue weighted by molar-refractivity contribution is 5.87. The summed E-state index contributed by atoms with van der Waals surface area (Å²) in [5, 5.41) is 3.22. The van der Waals surface area contributed by atoms with Gasteiger partial charge < -0.3 is 26.3 Å². The Morgan fingerprint density at radius 3 is 2.15 bits per heavy atom. The second-order valence-electron chi connectivity index (χ2n) is 9.86. The van der Waals surface area contributed by atoms with Crippen LogP contribution in [-0.2, 0) is 27.1 Å². The van der Waals surface area contributed by atoms with Crippen molar-refractivity contribution in [1.82, 2.24) is 5.32 Å². The van der Waals surface area contributed by atoms with Crippen LogP contribution in [0.1, 0.15) is 34.6 Å². The second kappa shape index (κ2) is 13.6. The lowest BCUT2D eigenvalue weighted by Crippen LogP contribution is -2.49. The molecule has 0 bridgehead atoms. The van der Waals surface area contributed by atoms with Crippen molar-refractivity contribution in [2.24, 2.45) is 11.5 Å². The average Bonchev–Trinajstić information content (AvgIpc) is 2.94. The molecule has 1 amide bonds. The molecule has 212 valence electrons. The molecule has 4 rings (SSSR count). The predicted molar refractivity (Wildman–Crippen MR) is 143 cm³/mol. The van der Waals surface area contributed by atoms with Crippen molar-refractivity contribution >= 4 is 11.9 Å². The summed E-state index contributed by atoms with van der Waals surface area (Å²) in [5.41, 5.74) is 13.6. The average molecular weight is 556 g/mol. The van der Waals surface area contributed by atoms with Crippen LogP contribution in [0.5, 0.6) is 0 Å². The van der Waals surface area contributed by atoms with Gasteiger partial charge >= 0.3 is 6.09 Å². The zero-order valence-corrected chi connectivity index (χ0v) is 21.8. The molecular formula is C30H32F3N3O4. The van der Waals surface area contributed by atoms with Crippen molar-refractivity contribution in [2.45, 2.75) is 43.4 Å². The van der Waals surface area contributed by atoms with Crippen LogP contribution in [0.3, 0.4) is 0 Å². The van der Waals surface area contributed by atoms with E-state index in [1.807, 2.05) is 0 Å². The molecule has 0 unspecified atom stereocenters. The first-order valence-corrected chi connectivity index (χ1v) is 13.0. The minimum Gasteiger partial charge on any atom is -0.448 e. The number of Topliss-reactive ketones (excluding diaryl/α,β-unsaturated/α-hetero) is 1. The molecule has 0 aromatic heterocycles. The molecule has 0 aliphatic carbocycles. The van der Waals surface area contributed by atoms with Crippen molar-refractivity contribution in [2.75, 3.05) is 19.8 Å². The third kappa shape index (κ3) is 7.68. The number of morpholine rings is 1. The molecule has 1 saturated heterocycles. The van der Waals surface area contributed by atoms with Gasteiger partial charge in [0.1, 0.15) is 24.1 Å². The summed E-state index contributed by atoms with van der Waals surface area (Å²) < 4.78 is 52.8. The van der Waals surface area contributed by atoms with Crippen LogP contribution in [0, 0.1) is 17.5 Å². The van der Waals surface area contributed by atoms with E-state index in [1.54, 1.807) is 36.4 Å². The number of hydrogen-bond donors (Lipinski definition) is 3. The summed E-state index contributed by atoms with van der Waals surface area (Å²) >= 11 is 0. The molecule has 0 radical (unpaired) electrons. The molecule has 1 heterocycles. The Morgan fingerprint density at radius 1 is 0.975 bits per heavy atom. The normalized spacial score (nSPS) is 17.9. The van der Waals surface area contributed by atoms with E-state index in [1.165, 1.54) is 30.3 Å². The van der Waals surface area contributed by atoms with Crippen LogP contribution in [0.2, 0.25) is 0 Å². The van der Waals surface area contributed by atoms with E-state index in [0.717, 1.165) is 0 Å². The van der Waals surface area contributed by atoms with Crippen LogP contribution >= 0.6 is 0 Å². The summed E-state index contributed by atoms with van der Waals surface area (Å²) in [4.78, 5) is 24.3. The number of carbonyl (C=O) groups is 2. The van der Waals surface area contributed by atoms with Gasteiger partial charge in [0, 0.05) is 18.9 Å². The fraction of sp³-hybridized carbons (Fsp3) is 0.333. The Balaban J connectivity index is 1.45. The number of primary amides is 1. The molecule has 3 aromatic rings. The van der Waals surface area contributed by atoms with E-state index >= 15 is 0 Å². The topological polar surface area (TPSA) is 117 Å². The van der Waals surface area contributed by atoms with Crippen LogP contribution in [0.4, 0.5) is 18.0 Å². The van der Waals surface area contributed by atoms with E-state index in [0.29, 0.717) is 48.2 Å². The summed E-state index contributed by atoms with van der Waals surface area (Å²) in [6.07, 6.45) is -0.330. The smallest absolute Gasteiger partial charge is 0.404 e. The molecule has 10 heteroatoms. The van der Waals surface area contributed by atoms with E-state index in [2.05, 4.69) is 5.32 Å². The number of nitrogens with one attached hydrogen (secondary N) is 1. The zero-order chi connectivity index (χ0) is 28.6. The first-order chi connectivity index (χ1) is 19.2. The second-order valence-corrected chi connectivity index (χ2v) is 9.86. The number of rotatable bonds is 11. The highest BCUT2D eigenvalue weighted by Crippen LogP contribution is 2.29. The Morgan fingerprint density at radius 2 is 1.60 bits per heavy atom. The first-order valence-electron chi connectivity index (χ1n) is 13.0. The molecule has 3 aromatic carbocycles. The third-order valence-electron chi connectivity index (χ3n) is 7.08. The molecular weight excluding hydrogens is 523 g/mol.